The number of carbonyl (C=O) groups is 3. The van der Waals surface area contributed by atoms with Gasteiger partial charge in [0.2, 0.25) is 0 Å². The molecule has 11 nitrogen and oxygen atoms in total. The van der Waals surface area contributed by atoms with Gasteiger partial charge in [-0.3, -0.25) is 19.9 Å². The predicted octanol–water partition coefficient (Wildman–Crippen LogP) is 5.21. The number of methoxy groups -OCH3 is 1. The number of rotatable bonds is 11. The van der Waals surface area contributed by atoms with E-state index in [-0.39, 0.29) is 29.9 Å². The van der Waals surface area contributed by atoms with Crippen molar-refractivity contribution in [3.8, 4) is 0 Å². The Balaban J connectivity index is 1.58. The van der Waals surface area contributed by atoms with Gasteiger partial charge in [0.05, 0.1) is 24.2 Å². The third-order valence-corrected chi connectivity index (χ3v) is 8.23. The van der Waals surface area contributed by atoms with E-state index in [4.69, 9.17) is 9.47 Å². The molecule has 1 aliphatic rings. The van der Waals surface area contributed by atoms with E-state index in [1.807, 2.05) is 42.6 Å². The van der Waals surface area contributed by atoms with E-state index in [1.54, 1.807) is 39.1 Å². The first kappa shape index (κ1) is 32.6. The maximum absolute atomic E-state index is 13.2. The highest BCUT2D eigenvalue weighted by molar-refractivity contribution is 5.95. The molecule has 0 bridgehead atoms. The van der Waals surface area contributed by atoms with Gasteiger partial charge in [-0.25, -0.2) is 9.59 Å². The molecule has 3 aromatic rings. The SMILES string of the molecule is COC(=O)C1=C(C)NC(C)C(CCOC(=O)C(C)=Cc2ccc(Cc3cccnc3)cc2)(C(=O)O)C1c1ccccc1[N+](=O)[O-]. The second-order valence-electron chi connectivity index (χ2n) is 11.0. The number of carbonyl (C=O) groups excluding carboxylic acids is 2. The number of carboxylic acid groups (broad SMARTS) is 1. The minimum atomic E-state index is -1.82. The summed E-state index contributed by atoms with van der Waals surface area (Å²) in [6, 6.07) is 16.5. The molecule has 2 N–H and O–H groups in total. The molecule has 1 aromatic heterocycles. The van der Waals surface area contributed by atoms with Crippen LogP contribution in [0.5, 0.6) is 0 Å². The number of benzene rings is 2. The van der Waals surface area contributed by atoms with Crippen LogP contribution in [-0.4, -0.2) is 52.7 Å². The van der Waals surface area contributed by atoms with Gasteiger partial charge in [0, 0.05) is 53.7 Å². The highest BCUT2D eigenvalue weighted by Crippen LogP contribution is 2.52. The number of hydrogen-bond acceptors (Lipinski definition) is 9. The highest BCUT2D eigenvalue weighted by Gasteiger charge is 2.57. The minimum absolute atomic E-state index is 0.0401. The first-order chi connectivity index (χ1) is 21.5. The summed E-state index contributed by atoms with van der Waals surface area (Å²) in [6.07, 6.45) is 5.67. The molecule has 3 atom stereocenters. The van der Waals surface area contributed by atoms with Crippen molar-refractivity contribution >= 4 is 29.7 Å². The zero-order chi connectivity index (χ0) is 32.7. The maximum Gasteiger partial charge on any atom is 0.336 e. The van der Waals surface area contributed by atoms with Gasteiger partial charge in [-0.2, -0.15) is 0 Å². The fourth-order valence-corrected chi connectivity index (χ4v) is 5.95. The third kappa shape index (κ3) is 6.93. The Morgan fingerprint density at radius 2 is 1.80 bits per heavy atom. The summed E-state index contributed by atoms with van der Waals surface area (Å²) in [7, 11) is 1.16. The van der Waals surface area contributed by atoms with Crippen molar-refractivity contribution < 1.29 is 33.9 Å². The molecule has 0 saturated carbocycles. The molecule has 0 saturated heterocycles. The fraction of sp³-hybridized carbons (Fsp3) is 0.294. The Bertz CT molecular complexity index is 1650. The van der Waals surface area contributed by atoms with Gasteiger partial charge in [0.1, 0.15) is 5.41 Å². The van der Waals surface area contributed by atoms with E-state index in [2.05, 4.69) is 10.3 Å². The number of esters is 2. The Labute approximate surface area is 260 Å². The van der Waals surface area contributed by atoms with Crippen molar-refractivity contribution in [1.29, 1.82) is 0 Å². The number of carboxylic acids is 1. The normalized spacial score (nSPS) is 19.8. The molecule has 45 heavy (non-hydrogen) atoms. The van der Waals surface area contributed by atoms with Crippen LogP contribution in [0.25, 0.3) is 6.08 Å². The predicted molar refractivity (Wildman–Crippen MR) is 166 cm³/mol. The maximum atomic E-state index is 13.2. The molecule has 2 aromatic carbocycles. The van der Waals surface area contributed by atoms with E-state index >= 15 is 0 Å². The molecular formula is C34H35N3O8. The zero-order valence-corrected chi connectivity index (χ0v) is 25.5. The molecule has 4 rings (SSSR count). The topological polar surface area (TPSA) is 158 Å². The van der Waals surface area contributed by atoms with Crippen molar-refractivity contribution in [2.75, 3.05) is 13.7 Å². The Morgan fingerprint density at radius 1 is 1.09 bits per heavy atom. The van der Waals surface area contributed by atoms with E-state index < -0.39 is 40.2 Å². The van der Waals surface area contributed by atoms with Crippen LogP contribution >= 0.6 is 0 Å². The Morgan fingerprint density at radius 3 is 2.42 bits per heavy atom. The molecule has 2 heterocycles. The molecular weight excluding hydrogens is 578 g/mol. The summed E-state index contributed by atoms with van der Waals surface area (Å²) < 4.78 is 10.5. The van der Waals surface area contributed by atoms with Crippen LogP contribution in [0.2, 0.25) is 0 Å². The second-order valence-corrected chi connectivity index (χ2v) is 11.0. The summed E-state index contributed by atoms with van der Waals surface area (Å²) in [5.41, 5.74) is 1.44. The van der Waals surface area contributed by atoms with E-state index in [0.717, 1.165) is 30.2 Å². The van der Waals surface area contributed by atoms with Crippen molar-refractivity contribution in [1.82, 2.24) is 10.3 Å². The van der Waals surface area contributed by atoms with Crippen LogP contribution in [0.15, 0.2) is 89.9 Å². The highest BCUT2D eigenvalue weighted by atomic mass is 16.6. The number of allylic oxidation sites excluding steroid dienone is 1. The average Bonchev–Trinajstić information content (AvgIpc) is 3.02. The van der Waals surface area contributed by atoms with Crippen molar-refractivity contribution in [3.05, 3.63) is 122 Å². The van der Waals surface area contributed by atoms with Crippen LogP contribution in [0, 0.1) is 15.5 Å². The van der Waals surface area contributed by atoms with Gasteiger partial charge in [-0.05, 0) is 56.0 Å². The lowest BCUT2D eigenvalue weighted by molar-refractivity contribution is -0.385. The minimum Gasteiger partial charge on any atom is -0.481 e. The van der Waals surface area contributed by atoms with E-state index in [9.17, 15) is 29.6 Å². The van der Waals surface area contributed by atoms with Crippen molar-refractivity contribution in [2.45, 2.75) is 45.6 Å². The fourth-order valence-electron chi connectivity index (χ4n) is 5.95. The van der Waals surface area contributed by atoms with Gasteiger partial charge in [0.15, 0.2) is 0 Å². The number of nitrogens with zero attached hydrogens (tertiary/aromatic N) is 2. The first-order valence-corrected chi connectivity index (χ1v) is 14.3. The summed E-state index contributed by atoms with van der Waals surface area (Å²) in [5.74, 6) is -4.05. The molecule has 3 unspecified atom stereocenters. The van der Waals surface area contributed by atoms with E-state index in [0.29, 0.717) is 11.3 Å². The molecule has 1 aliphatic heterocycles. The Hall–Kier alpha value is -5.32. The van der Waals surface area contributed by atoms with Gasteiger partial charge >= 0.3 is 17.9 Å². The number of ether oxygens (including phenoxy) is 2. The largest absolute Gasteiger partial charge is 0.481 e. The number of nitro groups is 1. The van der Waals surface area contributed by atoms with Gasteiger partial charge in [-0.15, -0.1) is 0 Å². The molecule has 0 spiro atoms. The monoisotopic (exact) mass is 613 g/mol. The molecule has 11 heteroatoms. The molecule has 0 amide bonds. The summed E-state index contributed by atoms with van der Waals surface area (Å²) >= 11 is 0. The van der Waals surface area contributed by atoms with Crippen LogP contribution in [0.1, 0.15) is 55.4 Å². The molecule has 0 aliphatic carbocycles. The number of aromatic nitrogens is 1. The lowest BCUT2D eigenvalue weighted by Gasteiger charge is -2.46. The second kappa shape index (κ2) is 14.0. The van der Waals surface area contributed by atoms with Gasteiger partial charge < -0.3 is 19.9 Å². The standard InChI is InChI=1S/C34H35N3O8/c1-21(18-24-11-13-25(14-12-24)19-26-8-7-16-35-20-26)31(38)45-17-15-34(33(40)41)23(3)36-22(2)29(32(39)44-4)30(34)27-9-5-6-10-28(27)37(42)43/h5-14,16,18,20,23,30,36H,15,17,19H2,1-4H3,(H,40,41). The number of para-hydroxylation sites is 1. The average molecular weight is 614 g/mol. The lowest BCUT2D eigenvalue weighted by Crippen LogP contribution is -2.57. The number of pyridine rings is 1. The Kier molecular flexibility index (Phi) is 10.1. The van der Waals surface area contributed by atoms with Crippen LogP contribution in [0.4, 0.5) is 5.69 Å². The number of hydrogen-bond donors (Lipinski definition) is 2. The first-order valence-electron chi connectivity index (χ1n) is 14.3. The number of nitrogens with one attached hydrogen (secondary N) is 1. The molecule has 0 radical (unpaired) electrons. The number of nitro benzene ring substituents is 1. The van der Waals surface area contributed by atoms with Crippen LogP contribution in [0.3, 0.4) is 0 Å². The third-order valence-electron chi connectivity index (χ3n) is 8.23. The summed E-state index contributed by atoms with van der Waals surface area (Å²) in [6.45, 7) is 4.49. The summed E-state index contributed by atoms with van der Waals surface area (Å²) in [5, 5.41) is 25.8. The van der Waals surface area contributed by atoms with Crippen LogP contribution < -0.4 is 5.32 Å². The lowest BCUT2D eigenvalue weighted by atomic mass is 9.60. The zero-order valence-electron chi connectivity index (χ0n) is 25.5. The molecule has 234 valence electrons. The van der Waals surface area contributed by atoms with E-state index in [1.165, 1.54) is 18.2 Å². The van der Waals surface area contributed by atoms with Crippen LogP contribution in [-0.2, 0) is 30.3 Å². The van der Waals surface area contributed by atoms with Crippen molar-refractivity contribution in [2.24, 2.45) is 5.41 Å². The van der Waals surface area contributed by atoms with Crippen molar-refractivity contribution in [3.63, 3.8) is 0 Å². The number of aliphatic carboxylic acids is 1. The molecule has 0 fully saturated rings. The van der Waals surface area contributed by atoms with Gasteiger partial charge in [0.25, 0.3) is 5.69 Å². The smallest absolute Gasteiger partial charge is 0.336 e. The quantitative estimate of drug-likeness (QED) is 0.127. The van der Waals surface area contributed by atoms with Gasteiger partial charge in [-0.1, -0.05) is 48.5 Å². The summed E-state index contributed by atoms with van der Waals surface area (Å²) in [4.78, 5) is 54.7.